The van der Waals surface area contributed by atoms with Gasteiger partial charge in [-0.3, -0.25) is 4.90 Å². The zero-order chi connectivity index (χ0) is 20.0. The number of para-hydroxylation sites is 1. The van der Waals surface area contributed by atoms with Gasteiger partial charge in [-0.05, 0) is 29.8 Å². The number of nitrogens with one attached hydrogen (secondary N) is 1. The maximum absolute atomic E-state index is 12.9. The number of hydrogen-bond donors (Lipinski definition) is 1. The molecule has 1 fully saturated rings. The Balaban J connectivity index is 1.82. The van der Waals surface area contributed by atoms with Crippen molar-refractivity contribution in [1.29, 1.82) is 0 Å². The van der Waals surface area contributed by atoms with Crippen LogP contribution in [0.1, 0.15) is 11.6 Å². The van der Waals surface area contributed by atoms with Gasteiger partial charge in [0, 0.05) is 25.7 Å². The van der Waals surface area contributed by atoms with E-state index in [1.54, 1.807) is 25.3 Å². The smallest absolute Gasteiger partial charge is 0.244 e. The topological polar surface area (TPSA) is 77.1 Å². The van der Waals surface area contributed by atoms with Gasteiger partial charge < -0.3 is 14.2 Å². The lowest BCUT2D eigenvalue weighted by Crippen LogP contribution is -2.43. The molecular formula is C20H26N2O5S. The molecule has 0 aliphatic carbocycles. The Morgan fingerprint density at radius 1 is 1.04 bits per heavy atom. The van der Waals surface area contributed by atoms with Crippen molar-refractivity contribution in [2.45, 2.75) is 10.9 Å². The van der Waals surface area contributed by atoms with Gasteiger partial charge in [-0.2, -0.15) is 0 Å². The van der Waals surface area contributed by atoms with Crippen LogP contribution in [-0.4, -0.2) is 60.4 Å². The third-order valence-corrected chi connectivity index (χ3v) is 6.28. The normalized spacial score (nSPS) is 16.5. The van der Waals surface area contributed by atoms with Crippen molar-refractivity contribution in [1.82, 2.24) is 9.62 Å². The van der Waals surface area contributed by atoms with Crippen molar-refractivity contribution in [3.8, 4) is 11.5 Å². The van der Waals surface area contributed by atoms with Gasteiger partial charge in [0.05, 0.1) is 27.4 Å². The van der Waals surface area contributed by atoms with Crippen molar-refractivity contribution in [2.75, 3.05) is 47.1 Å². The Morgan fingerprint density at radius 2 is 1.71 bits per heavy atom. The van der Waals surface area contributed by atoms with Crippen LogP contribution in [0.4, 0.5) is 0 Å². The molecule has 1 aliphatic rings. The summed E-state index contributed by atoms with van der Waals surface area (Å²) in [5, 5.41) is 0. The van der Waals surface area contributed by atoms with Crippen LogP contribution >= 0.6 is 0 Å². The van der Waals surface area contributed by atoms with E-state index in [0.29, 0.717) is 19.0 Å². The summed E-state index contributed by atoms with van der Waals surface area (Å²) in [6.45, 7) is 2.99. The summed E-state index contributed by atoms with van der Waals surface area (Å²) < 4.78 is 44.4. The van der Waals surface area contributed by atoms with Gasteiger partial charge >= 0.3 is 0 Å². The highest BCUT2D eigenvalue weighted by atomic mass is 32.2. The molecule has 0 amide bonds. The number of hydrogen-bond acceptors (Lipinski definition) is 6. The molecule has 1 unspecified atom stereocenters. The molecule has 3 rings (SSSR count). The predicted octanol–water partition coefficient (Wildman–Crippen LogP) is 2.06. The van der Waals surface area contributed by atoms with Crippen LogP contribution in [0.25, 0.3) is 0 Å². The maximum Gasteiger partial charge on any atom is 0.244 e. The minimum atomic E-state index is -3.72. The van der Waals surface area contributed by atoms with Crippen molar-refractivity contribution >= 4 is 10.0 Å². The van der Waals surface area contributed by atoms with E-state index >= 15 is 0 Å². The molecule has 8 heteroatoms. The largest absolute Gasteiger partial charge is 0.497 e. The van der Waals surface area contributed by atoms with Crippen molar-refractivity contribution in [2.24, 2.45) is 0 Å². The summed E-state index contributed by atoms with van der Waals surface area (Å²) in [5.41, 5.74) is 1.02. The minimum absolute atomic E-state index is 0.112. The van der Waals surface area contributed by atoms with E-state index in [2.05, 4.69) is 9.62 Å². The maximum atomic E-state index is 12.9. The highest BCUT2D eigenvalue weighted by Crippen LogP contribution is 2.26. The van der Waals surface area contributed by atoms with E-state index < -0.39 is 10.0 Å². The van der Waals surface area contributed by atoms with Crippen LogP contribution < -0.4 is 14.2 Å². The number of nitrogens with zero attached hydrogens (tertiary/aromatic N) is 1. The van der Waals surface area contributed by atoms with Gasteiger partial charge in [0.25, 0.3) is 0 Å². The molecule has 28 heavy (non-hydrogen) atoms. The quantitative estimate of drug-likeness (QED) is 0.723. The molecule has 1 saturated heterocycles. The van der Waals surface area contributed by atoms with E-state index in [4.69, 9.17) is 14.2 Å². The summed E-state index contributed by atoms with van der Waals surface area (Å²) >= 11 is 0. The van der Waals surface area contributed by atoms with Crippen LogP contribution in [-0.2, 0) is 14.8 Å². The van der Waals surface area contributed by atoms with Crippen LogP contribution in [0, 0.1) is 0 Å². The second kappa shape index (κ2) is 9.38. The van der Waals surface area contributed by atoms with E-state index in [-0.39, 0.29) is 17.5 Å². The molecule has 0 radical (unpaired) electrons. The summed E-state index contributed by atoms with van der Waals surface area (Å²) in [4.78, 5) is 2.36. The number of ether oxygens (including phenoxy) is 3. The molecule has 2 aromatic rings. The third kappa shape index (κ3) is 4.82. The Morgan fingerprint density at radius 3 is 2.36 bits per heavy atom. The third-order valence-electron chi connectivity index (χ3n) is 4.81. The van der Waals surface area contributed by atoms with Crippen LogP contribution in [0.15, 0.2) is 53.4 Å². The van der Waals surface area contributed by atoms with Crippen molar-refractivity contribution < 1.29 is 22.6 Å². The van der Waals surface area contributed by atoms with Crippen molar-refractivity contribution in [3.05, 3.63) is 54.1 Å². The Kier molecular flexibility index (Phi) is 6.90. The Bertz CT molecular complexity index is 864. The second-order valence-corrected chi connectivity index (χ2v) is 8.18. The SMILES string of the molecule is COc1ccc(C(CNS(=O)(=O)c2ccccc2OC)N2CCOCC2)cc1. The van der Waals surface area contributed by atoms with Gasteiger partial charge in [-0.1, -0.05) is 24.3 Å². The predicted molar refractivity (Wildman–Crippen MR) is 106 cm³/mol. The van der Waals surface area contributed by atoms with Crippen LogP contribution in [0.5, 0.6) is 11.5 Å². The summed E-state index contributed by atoms with van der Waals surface area (Å²) in [7, 11) is -0.634. The fourth-order valence-corrected chi connectivity index (χ4v) is 4.49. The molecule has 0 spiro atoms. The van der Waals surface area contributed by atoms with E-state index in [1.807, 2.05) is 24.3 Å². The number of sulfonamides is 1. The molecule has 152 valence electrons. The molecule has 1 atom stereocenters. The number of benzene rings is 2. The molecular weight excluding hydrogens is 380 g/mol. The average molecular weight is 407 g/mol. The first-order valence-electron chi connectivity index (χ1n) is 9.13. The first-order valence-corrected chi connectivity index (χ1v) is 10.6. The highest BCUT2D eigenvalue weighted by Gasteiger charge is 2.26. The van der Waals surface area contributed by atoms with E-state index in [1.165, 1.54) is 13.2 Å². The van der Waals surface area contributed by atoms with Crippen LogP contribution in [0.3, 0.4) is 0 Å². The zero-order valence-electron chi connectivity index (χ0n) is 16.1. The van der Waals surface area contributed by atoms with Gasteiger partial charge in [0.15, 0.2) is 0 Å². The summed E-state index contributed by atoms with van der Waals surface area (Å²) in [5.74, 6) is 1.08. The van der Waals surface area contributed by atoms with Crippen LogP contribution in [0.2, 0.25) is 0 Å². The standard InChI is InChI=1S/C20H26N2O5S/c1-25-17-9-7-16(8-10-17)18(22-11-13-27-14-12-22)15-21-28(23,24)20-6-4-3-5-19(20)26-2/h3-10,18,21H,11-15H2,1-2H3. The van der Waals surface area contributed by atoms with Gasteiger partial charge in [-0.15, -0.1) is 0 Å². The number of morpholine rings is 1. The summed E-state index contributed by atoms with van der Waals surface area (Å²) in [6.07, 6.45) is 0. The van der Waals surface area contributed by atoms with E-state index in [0.717, 1.165) is 24.4 Å². The molecule has 0 bridgehead atoms. The molecule has 0 aromatic heterocycles. The molecule has 1 N–H and O–H groups in total. The lowest BCUT2D eigenvalue weighted by Gasteiger charge is -2.35. The van der Waals surface area contributed by atoms with Gasteiger partial charge in [0.2, 0.25) is 10.0 Å². The lowest BCUT2D eigenvalue weighted by molar-refractivity contribution is 0.0172. The van der Waals surface area contributed by atoms with E-state index in [9.17, 15) is 8.42 Å². The average Bonchev–Trinajstić information content (AvgIpc) is 2.75. The molecule has 2 aromatic carbocycles. The second-order valence-electron chi connectivity index (χ2n) is 6.44. The highest BCUT2D eigenvalue weighted by molar-refractivity contribution is 7.89. The number of rotatable bonds is 8. The fourth-order valence-electron chi connectivity index (χ4n) is 3.28. The van der Waals surface area contributed by atoms with Gasteiger partial charge in [0.1, 0.15) is 16.4 Å². The first-order chi connectivity index (χ1) is 13.5. The van der Waals surface area contributed by atoms with Gasteiger partial charge in [-0.25, -0.2) is 13.1 Å². The van der Waals surface area contributed by atoms with Crippen molar-refractivity contribution in [3.63, 3.8) is 0 Å². The Labute approximate surface area is 166 Å². The Hall–Kier alpha value is -2.13. The molecule has 7 nitrogen and oxygen atoms in total. The first kappa shape index (κ1) is 20.6. The number of methoxy groups -OCH3 is 2. The minimum Gasteiger partial charge on any atom is -0.497 e. The molecule has 1 heterocycles. The monoisotopic (exact) mass is 406 g/mol. The summed E-state index contributed by atoms with van der Waals surface area (Å²) in [6, 6.07) is 14.2. The lowest BCUT2D eigenvalue weighted by atomic mass is 10.0. The molecule has 0 saturated carbocycles. The molecule has 1 aliphatic heterocycles. The zero-order valence-corrected chi connectivity index (χ0v) is 16.9. The fraction of sp³-hybridized carbons (Fsp3) is 0.400.